The summed E-state index contributed by atoms with van der Waals surface area (Å²) in [6.07, 6.45) is 3.29. The van der Waals surface area contributed by atoms with Crippen molar-refractivity contribution in [2.75, 3.05) is 6.61 Å². The van der Waals surface area contributed by atoms with Crippen molar-refractivity contribution >= 4 is 15.9 Å². The van der Waals surface area contributed by atoms with Gasteiger partial charge < -0.3 is 9.26 Å². The molecule has 0 aliphatic carbocycles. The van der Waals surface area contributed by atoms with Crippen LogP contribution in [0.25, 0.3) is 0 Å². The second-order valence-corrected chi connectivity index (χ2v) is 3.48. The van der Waals surface area contributed by atoms with E-state index in [9.17, 15) is 0 Å². The molecule has 1 saturated heterocycles. The topological polar surface area (TPSA) is 48.2 Å². The first kappa shape index (κ1) is 8.19. The summed E-state index contributed by atoms with van der Waals surface area (Å²) in [6.45, 7) is 0.865. The van der Waals surface area contributed by atoms with Gasteiger partial charge in [0.25, 0.3) is 4.80 Å². The third-order valence-corrected chi connectivity index (χ3v) is 2.20. The molecule has 0 saturated carbocycles. The molecule has 0 bridgehead atoms. The van der Waals surface area contributed by atoms with Gasteiger partial charge in [-0.1, -0.05) is 5.16 Å². The van der Waals surface area contributed by atoms with Gasteiger partial charge >= 0.3 is 0 Å². The third-order valence-electron chi connectivity index (χ3n) is 1.88. The molecule has 2 heterocycles. The summed E-state index contributed by atoms with van der Waals surface area (Å²) in [7, 11) is 0. The molecule has 1 aromatic rings. The molecule has 0 spiro atoms. The average molecular weight is 233 g/mol. The van der Waals surface area contributed by atoms with Gasteiger partial charge in [-0.25, -0.2) is 0 Å². The van der Waals surface area contributed by atoms with E-state index < -0.39 is 0 Å². The molecule has 1 unspecified atom stereocenters. The van der Waals surface area contributed by atoms with E-state index in [1.165, 1.54) is 0 Å². The SMILES string of the molecule is Brc1nc(CC2CCCO2)no1. The maximum atomic E-state index is 5.43. The Kier molecular flexibility index (Phi) is 2.41. The highest BCUT2D eigenvalue weighted by molar-refractivity contribution is 9.10. The lowest BCUT2D eigenvalue weighted by Gasteiger charge is -2.03. The van der Waals surface area contributed by atoms with E-state index in [1.54, 1.807) is 0 Å². The number of nitrogens with zero attached hydrogens (tertiary/aromatic N) is 2. The summed E-state index contributed by atoms with van der Waals surface area (Å²) >= 11 is 3.10. The van der Waals surface area contributed by atoms with Crippen molar-refractivity contribution in [3.05, 3.63) is 10.6 Å². The first-order valence-corrected chi connectivity index (χ1v) is 4.73. The first-order valence-electron chi connectivity index (χ1n) is 3.94. The van der Waals surface area contributed by atoms with Crippen molar-refractivity contribution in [1.82, 2.24) is 10.1 Å². The number of rotatable bonds is 2. The van der Waals surface area contributed by atoms with Crippen LogP contribution in [0.1, 0.15) is 18.7 Å². The van der Waals surface area contributed by atoms with Crippen LogP contribution < -0.4 is 0 Å². The molecule has 4 nitrogen and oxygen atoms in total. The molecular weight excluding hydrogens is 224 g/mol. The van der Waals surface area contributed by atoms with Gasteiger partial charge in [0.2, 0.25) is 0 Å². The molecule has 0 N–H and O–H groups in total. The summed E-state index contributed by atoms with van der Waals surface area (Å²) in [5.41, 5.74) is 0. The predicted octanol–water partition coefficient (Wildman–Crippen LogP) is 1.55. The van der Waals surface area contributed by atoms with E-state index in [0.717, 1.165) is 25.9 Å². The standard InChI is InChI=1S/C7H9BrN2O2/c8-7-9-6(10-12-7)4-5-2-1-3-11-5/h5H,1-4H2. The van der Waals surface area contributed by atoms with Gasteiger partial charge in [0.15, 0.2) is 5.82 Å². The Bertz CT molecular complexity index is 258. The Hall–Kier alpha value is -0.420. The molecule has 0 radical (unpaired) electrons. The zero-order chi connectivity index (χ0) is 8.39. The number of hydrogen-bond donors (Lipinski definition) is 0. The highest BCUT2D eigenvalue weighted by Crippen LogP contribution is 2.16. The molecule has 2 rings (SSSR count). The monoisotopic (exact) mass is 232 g/mol. The maximum Gasteiger partial charge on any atom is 0.293 e. The van der Waals surface area contributed by atoms with E-state index in [-0.39, 0.29) is 6.10 Å². The van der Waals surface area contributed by atoms with Gasteiger partial charge in [-0.05, 0) is 12.8 Å². The summed E-state index contributed by atoms with van der Waals surface area (Å²) in [5, 5.41) is 3.77. The molecule has 12 heavy (non-hydrogen) atoms. The van der Waals surface area contributed by atoms with Gasteiger partial charge in [-0.2, -0.15) is 4.98 Å². The van der Waals surface area contributed by atoms with Crippen LogP contribution in [0.4, 0.5) is 0 Å². The van der Waals surface area contributed by atoms with Crippen LogP contribution in [0, 0.1) is 0 Å². The highest BCUT2D eigenvalue weighted by Gasteiger charge is 2.18. The molecule has 66 valence electrons. The van der Waals surface area contributed by atoms with Crippen molar-refractivity contribution < 1.29 is 9.26 Å². The van der Waals surface area contributed by atoms with Crippen molar-refractivity contribution in [3.63, 3.8) is 0 Å². The van der Waals surface area contributed by atoms with Crippen LogP contribution in [0.15, 0.2) is 9.32 Å². The average Bonchev–Trinajstić information content (AvgIpc) is 2.63. The smallest absolute Gasteiger partial charge is 0.293 e. The Morgan fingerprint density at radius 1 is 1.58 bits per heavy atom. The van der Waals surface area contributed by atoms with Crippen LogP contribution >= 0.6 is 15.9 Å². The molecule has 0 aromatic carbocycles. The van der Waals surface area contributed by atoms with Crippen molar-refractivity contribution in [2.24, 2.45) is 0 Å². The third kappa shape index (κ3) is 1.84. The van der Waals surface area contributed by atoms with Gasteiger partial charge in [0.1, 0.15) is 0 Å². The minimum Gasteiger partial charge on any atom is -0.378 e. The fourth-order valence-corrected chi connectivity index (χ4v) is 1.60. The summed E-state index contributed by atoms with van der Waals surface area (Å²) < 4.78 is 10.2. The molecule has 1 fully saturated rings. The Morgan fingerprint density at radius 2 is 2.50 bits per heavy atom. The zero-order valence-corrected chi connectivity index (χ0v) is 8.08. The second-order valence-electron chi connectivity index (χ2n) is 2.80. The minimum absolute atomic E-state index is 0.287. The molecule has 1 aliphatic rings. The first-order chi connectivity index (χ1) is 5.84. The molecule has 0 amide bonds. The maximum absolute atomic E-state index is 5.43. The van der Waals surface area contributed by atoms with Crippen molar-refractivity contribution in [1.29, 1.82) is 0 Å². The molecular formula is C7H9BrN2O2. The summed E-state index contributed by atoms with van der Waals surface area (Å²) in [6, 6.07) is 0. The van der Waals surface area contributed by atoms with E-state index >= 15 is 0 Å². The van der Waals surface area contributed by atoms with Crippen LogP contribution in [0.5, 0.6) is 0 Å². The highest BCUT2D eigenvalue weighted by atomic mass is 79.9. The summed E-state index contributed by atoms with van der Waals surface area (Å²) in [4.78, 5) is 4.47. The van der Waals surface area contributed by atoms with Gasteiger partial charge in [0, 0.05) is 29.0 Å². The van der Waals surface area contributed by atoms with Gasteiger partial charge in [-0.3, -0.25) is 0 Å². The molecule has 1 aliphatic heterocycles. The van der Waals surface area contributed by atoms with Crippen LogP contribution in [0.3, 0.4) is 0 Å². The van der Waals surface area contributed by atoms with Crippen LogP contribution in [0.2, 0.25) is 0 Å². The predicted molar refractivity (Wildman–Crippen MR) is 44.7 cm³/mol. The number of ether oxygens (including phenoxy) is 1. The fourth-order valence-electron chi connectivity index (χ4n) is 1.32. The minimum atomic E-state index is 0.287. The van der Waals surface area contributed by atoms with E-state index in [2.05, 4.69) is 26.1 Å². The van der Waals surface area contributed by atoms with Gasteiger partial charge in [0.05, 0.1) is 6.10 Å². The number of halogens is 1. The van der Waals surface area contributed by atoms with Crippen molar-refractivity contribution in [2.45, 2.75) is 25.4 Å². The van der Waals surface area contributed by atoms with Gasteiger partial charge in [-0.15, -0.1) is 0 Å². The second kappa shape index (κ2) is 3.53. The molecule has 5 heteroatoms. The lowest BCUT2D eigenvalue weighted by Crippen LogP contribution is -2.09. The van der Waals surface area contributed by atoms with E-state index in [4.69, 9.17) is 9.26 Å². The Labute approximate surface area is 78.4 Å². The van der Waals surface area contributed by atoms with Crippen molar-refractivity contribution in [3.8, 4) is 0 Å². The van der Waals surface area contributed by atoms with E-state index in [1.807, 2.05) is 0 Å². The molecule has 1 atom stereocenters. The van der Waals surface area contributed by atoms with Crippen LogP contribution in [-0.2, 0) is 11.2 Å². The van der Waals surface area contributed by atoms with Crippen LogP contribution in [-0.4, -0.2) is 22.9 Å². The normalized spacial score (nSPS) is 23.2. The largest absolute Gasteiger partial charge is 0.378 e. The Balaban J connectivity index is 1.94. The Morgan fingerprint density at radius 3 is 3.08 bits per heavy atom. The number of hydrogen-bond acceptors (Lipinski definition) is 4. The lowest BCUT2D eigenvalue weighted by molar-refractivity contribution is 0.109. The zero-order valence-electron chi connectivity index (χ0n) is 6.49. The number of aromatic nitrogens is 2. The summed E-state index contributed by atoms with van der Waals surface area (Å²) in [5.74, 6) is 0.716. The lowest BCUT2D eigenvalue weighted by atomic mass is 10.2. The fraction of sp³-hybridized carbons (Fsp3) is 0.714. The quantitative estimate of drug-likeness (QED) is 0.777. The molecule has 1 aromatic heterocycles. The van der Waals surface area contributed by atoms with E-state index in [0.29, 0.717) is 10.6 Å².